The third-order valence-electron chi connectivity index (χ3n) is 8.60. The molecule has 8 heteroatoms. The SMILES string of the molecule is CCCCCCC/C=C/C=C/C=C/CCCCCCCC(=O)OCC(COCCC(C(=O)O)[N+](C)(C)C)OC(=O)CCCCCCCCC. The maximum atomic E-state index is 12.5. The molecule has 0 aliphatic heterocycles. The fourth-order valence-electron chi connectivity index (χ4n) is 5.50. The second-order valence-electron chi connectivity index (χ2n) is 14.3. The van der Waals surface area contributed by atoms with Crippen molar-refractivity contribution < 1.29 is 38.2 Å². The first-order valence-corrected chi connectivity index (χ1v) is 19.6. The van der Waals surface area contributed by atoms with Gasteiger partial charge in [0.05, 0.1) is 34.4 Å². The zero-order valence-electron chi connectivity index (χ0n) is 32.1. The number of carbonyl (C=O) groups excluding carboxylic acids is 2. The normalized spacial score (nSPS) is 13.4. The molecule has 0 saturated heterocycles. The molecule has 1 N–H and O–H groups in total. The summed E-state index contributed by atoms with van der Waals surface area (Å²) in [5.41, 5.74) is 0. The van der Waals surface area contributed by atoms with E-state index in [4.69, 9.17) is 14.2 Å². The molecule has 0 aromatic rings. The second-order valence-corrected chi connectivity index (χ2v) is 14.3. The van der Waals surface area contributed by atoms with Crippen LogP contribution in [0.3, 0.4) is 0 Å². The number of likely N-dealkylation sites (N-methyl/N-ethyl adjacent to an activating group) is 1. The van der Waals surface area contributed by atoms with E-state index in [-0.39, 0.29) is 36.2 Å². The van der Waals surface area contributed by atoms with E-state index < -0.39 is 18.1 Å². The number of carboxylic acid groups (broad SMARTS) is 1. The minimum Gasteiger partial charge on any atom is -0.477 e. The van der Waals surface area contributed by atoms with Crippen LogP contribution >= 0.6 is 0 Å². The lowest BCUT2D eigenvalue weighted by atomic mass is 10.1. The number of aliphatic carboxylic acids is 1. The number of rotatable bonds is 34. The van der Waals surface area contributed by atoms with E-state index in [1.807, 2.05) is 21.1 Å². The van der Waals surface area contributed by atoms with Gasteiger partial charge in [-0.2, -0.15) is 0 Å². The van der Waals surface area contributed by atoms with Crippen LogP contribution in [0, 0.1) is 0 Å². The lowest BCUT2D eigenvalue weighted by Crippen LogP contribution is -2.50. The van der Waals surface area contributed by atoms with Gasteiger partial charge in [-0.1, -0.05) is 134 Å². The van der Waals surface area contributed by atoms with Crippen LogP contribution < -0.4 is 0 Å². The lowest BCUT2D eigenvalue weighted by Gasteiger charge is -2.31. The molecule has 2 atom stereocenters. The fourth-order valence-corrected chi connectivity index (χ4v) is 5.50. The number of quaternary nitrogens is 1. The van der Waals surface area contributed by atoms with Crippen molar-refractivity contribution in [2.45, 2.75) is 167 Å². The van der Waals surface area contributed by atoms with Gasteiger partial charge in [0.1, 0.15) is 6.61 Å². The maximum absolute atomic E-state index is 12.5. The topological polar surface area (TPSA) is 99.1 Å². The van der Waals surface area contributed by atoms with Crippen LogP contribution in [0.5, 0.6) is 0 Å². The summed E-state index contributed by atoms with van der Waals surface area (Å²) in [5, 5.41) is 9.56. The Hall–Kier alpha value is -2.45. The summed E-state index contributed by atoms with van der Waals surface area (Å²) >= 11 is 0. The summed E-state index contributed by atoms with van der Waals surface area (Å²) < 4.78 is 17.1. The molecule has 0 aromatic carbocycles. The van der Waals surface area contributed by atoms with Gasteiger partial charge in [-0.05, 0) is 38.5 Å². The number of carboxylic acids is 1. The summed E-state index contributed by atoms with van der Waals surface area (Å²) in [5.74, 6) is -1.50. The number of unbranched alkanes of at least 4 members (excludes halogenated alkanes) is 16. The number of carbonyl (C=O) groups is 3. The molecule has 0 aliphatic carbocycles. The quantitative estimate of drug-likeness (QED) is 0.0310. The highest BCUT2D eigenvalue weighted by molar-refractivity contribution is 5.72. The molecular formula is C41H74NO7+. The molecule has 0 aromatic heterocycles. The van der Waals surface area contributed by atoms with E-state index in [1.165, 1.54) is 57.8 Å². The Morgan fingerprint density at radius 3 is 1.57 bits per heavy atom. The summed E-state index contributed by atoms with van der Waals surface area (Å²) in [6.45, 7) is 4.64. The minimum absolute atomic E-state index is 0.0552. The Labute approximate surface area is 300 Å². The third kappa shape index (κ3) is 31.3. The van der Waals surface area contributed by atoms with Crippen LogP contribution in [0.4, 0.5) is 0 Å². The average Bonchev–Trinajstić information content (AvgIpc) is 3.05. The Morgan fingerprint density at radius 1 is 0.612 bits per heavy atom. The van der Waals surface area contributed by atoms with Crippen molar-refractivity contribution in [2.24, 2.45) is 0 Å². The van der Waals surface area contributed by atoms with Crippen LogP contribution in [-0.2, 0) is 28.6 Å². The highest BCUT2D eigenvalue weighted by Crippen LogP contribution is 2.13. The monoisotopic (exact) mass is 693 g/mol. The van der Waals surface area contributed by atoms with Crippen LogP contribution in [-0.4, -0.2) is 80.6 Å². The number of esters is 2. The smallest absolute Gasteiger partial charge is 0.362 e. The van der Waals surface area contributed by atoms with Gasteiger partial charge in [-0.3, -0.25) is 9.59 Å². The zero-order chi connectivity index (χ0) is 36.4. The first kappa shape index (κ1) is 46.5. The number of ether oxygens (including phenoxy) is 3. The summed E-state index contributed by atoms with van der Waals surface area (Å²) in [4.78, 5) is 36.6. The van der Waals surface area contributed by atoms with E-state index in [0.29, 0.717) is 19.3 Å². The molecule has 2 unspecified atom stereocenters. The van der Waals surface area contributed by atoms with Crippen molar-refractivity contribution in [1.29, 1.82) is 0 Å². The van der Waals surface area contributed by atoms with Crippen LogP contribution in [0.15, 0.2) is 36.5 Å². The first-order chi connectivity index (χ1) is 23.6. The summed E-state index contributed by atoms with van der Waals surface area (Å²) in [7, 11) is 5.50. The highest BCUT2D eigenvalue weighted by atomic mass is 16.6. The van der Waals surface area contributed by atoms with Gasteiger partial charge in [-0.25, -0.2) is 4.79 Å². The van der Waals surface area contributed by atoms with E-state index in [0.717, 1.165) is 64.2 Å². The lowest BCUT2D eigenvalue weighted by molar-refractivity contribution is -0.887. The van der Waals surface area contributed by atoms with Gasteiger partial charge in [-0.15, -0.1) is 0 Å². The van der Waals surface area contributed by atoms with Crippen LogP contribution in [0.2, 0.25) is 0 Å². The molecule has 0 bridgehead atoms. The molecule has 284 valence electrons. The second kappa shape index (κ2) is 32.7. The predicted molar refractivity (Wildman–Crippen MR) is 201 cm³/mol. The standard InChI is InChI=1S/C41H73NO7/c1-6-8-10-12-14-15-16-17-18-19-20-21-22-23-24-26-27-29-31-39(43)48-36-37(35-47-34-33-38(41(45)46)42(3,4)5)49-40(44)32-30-28-25-13-11-9-7-2/h16-21,37-38H,6-15,22-36H2,1-5H3/p+1/b17-16+,19-18+,21-20+. The highest BCUT2D eigenvalue weighted by Gasteiger charge is 2.31. The molecule has 0 spiro atoms. The van der Waals surface area contributed by atoms with Crippen LogP contribution in [0.25, 0.3) is 0 Å². The van der Waals surface area contributed by atoms with Gasteiger partial charge < -0.3 is 23.8 Å². The van der Waals surface area contributed by atoms with E-state index in [2.05, 4.69) is 50.3 Å². The number of nitrogens with zero attached hydrogens (tertiary/aromatic N) is 1. The third-order valence-corrected chi connectivity index (χ3v) is 8.60. The fraction of sp³-hybridized carbons (Fsp3) is 0.780. The van der Waals surface area contributed by atoms with Crippen molar-refractivity contribution in [3.63, 3.8) is 0 Å². The van der Waals surface area contributed by atoms with Crippen molar-refractivity contribution in [3.8, 4) is 0 Å². The number of hydrogen-bond donors (Lipinski definition) is 1. The summed E-state index contributed by atoms with van der Waals surface area (Å²) in [6, 6.07) is -0.614. The number of allylic oxidation sites excluding steroid dienone is 6. The van der Waals surface area contributed by atoms with E-state index >= 15 is 0 Å². The van der Waals surface area contributed by atoms with Gasteiger partial charge in [0, 0.05) is 19.3 Å². The van der Waals surface area contributed by atoms with Gasteiger partial charge in [0.25, 0.3) is 0 Å². The number of hydrogen-bond acceptors (Lipinski definition) is 6. The predicted octanol–water partition coefficient (Wildman–Crippen LogP) is 9.91. The molecule has 8 nitrogen and oxygen atoms in total. The maximum Gasteiger partial charge on any atom is 0.362 e. The van der Waals surface area contributed by atoms with Crippen molar-refractivity contribution in [3.05, 3.63) is 36.5 Å². The molecule has 0 amide bonds. The molecule has 49 heavy (non-hydrogen) atoms. The molecular weight excluding hydrogens is 618 g/mol. The van der Waals surface area contributed by atoms with Gasteiger partial charge >= 0.3 is 17.9 Å². The largest absolute Gasteiger partial charge is 0.477 e. The first-order valence-electron chi connectivity index (χ1n) is 19.6. The summed E-state index contributed by atoms with van der Waals surface area (Å²) in [6.07, 6.45) is 34.8. The van der Waals surface area contributed by atoms with Crippen molar-refractivity contribution in [2.75, 3.05) is 41.0 Å². The van der Waals surface area contributed by atoms with Gasteiger partial charge in [0.15, 0.2) is 12.1 Å². The molecule has 0 saturated carbocycles. The Balaban J connectivity index is 4.34. The average molecular weight is 693 g/mol. The zero-order valence-corrected chi connectivity index (χ0v) is 32.1. The minimum atomic E-state index is -0.880. The molecule has 0 radical (unpaired) electrons. The Kier molecular flexibility index (Phi) is 31.1. The van der Waals surface area contributed by atoms with Crippen molar-refractivity contribution in [1.82, 2.24) is 0 Å². The van der Waals surface area contributed by atoms with E-state index in [9.17, 15) is 19.5 Å². The van der Waals surface area contributed by atoms with Gasteiger partial charge in [0.2, 0.25) is 0 Å². The van der Waals surface area contributed by atoms with Crippen molar-refractivity contribution >= 4 is 17.9 Å². The van der Waals surface area contributed by atoms with Crippen LogP contribution in [0.1, 0.15) is 155 Å². The Bertz CT molecular complexity index is 906. The molecule has 0 fully saturated rings. The molecule has 0 aliphatic rings. The van der Waals surface area contributed by atoms with E-state index in [1.54, 1.807) is 0 Å². The molecule has 0 heterocycles. The Morgan fingerprint density at radius 2 is 1.08 bits per heavy atom. The molecule has 0 rings (SSSR count).